The second-order valence-electron chi connectivity index (χ2n) is 4.37. The zero-order valence-electron chi connectivity index (χ0n) is 9.90. The van der Waals surface area contributed by atoms with Gasteiger partial charge in [0.05, 0.1) is 6.61 Å². The Balaban J connectivity index is 1.96. The summed E-state index contributed by atoms with van der Waals surface area (Å²) in [5, 5.41) is 0.706. The number of hydrogen-bond donors (Lipinski definition) is 0. The maximum absolute atomic E-state index is 11.5. The Hall–Kier alpha value is -1.06. The molecule has 2 rings (SSSR count). The number of esters is 1. The smallest absolute Gasteiger partial charge is 0.338 e. The van der Waals surface area contributed by atoms with Crippen molar-refractivity contribution < 1.29 is 14.3 Å². The first-order valence-electron chi connectivity index (χ1n) is 5.64. The van der Waals surface area contributed by atoms with Crippen molar-refractivity contribution >= 4 is 17.6 Å². The van der Waals surface area contributed by atoms with Gasteiger partial charge in [0.25, 0.3) is 0 Å². The van der Waals surface area contributed by atoms with Crippen molar-refractivity contribution in [1.29, 1.82) is 0 Å². The number of carbonyl (C=O) groups excluding carboxylic acids is 1. The van der Waals surface area contributed by atoms with Gasteiger partial charge in [-0.1, -0.05) is 23.7 Å². The lowest BCUT2D eigenvalue weighted by Gasteiger charge is -2.06. The fourth-order valence-electron chi connectivity index (χ4n) is 1.89. The highest BCUT2D eigenvalue weighted by atomic mass is 35.5. The van der Waals surface area contributed by atoms with E-state index in [9.17, 15) is 4.79 Å². The van der Waals surface area contributed by atoms with Crippen LogP contribution in [0.15, 0.2) is 24.3 Å². The van der Waals surface area contributed by atoms with Gasteiger partial charge in [-0.15, -0.1) is 0 Å². The summed E-state index contributed by atoms with van der Waals surface area (Å²) >= 11 is 5.81. The van der Waals surface area contributed by atoms with Crippen molar-refractivity contribution in [1.82, 2.24) is 0 Å². The molecule has 0 spiro atoms. The number of benzene rings is 1. The number of halogens is 1. The van der Waals surface area contributed by atoms with E-state index < -0.39 is 11.7 Å². The van der Waals surface area contributed by atoms with Crippen LogP contribution in [0.3, 0.4) is 0 Å². The summed E-state index contributed by atoms with van der Waals surface area (Å²) in [7, 11) is 0. The quantitative estimate of drug-likeness (QED) is 0.612. The summed E-state index contributed by atoms with van der Waals surface area (Å²) in [5.41, 5.74) is 0.670. The van der Waals surface area contributed by atoms with E-state index in [0.717, 1.165) is 5.56 Å². The molecule has 1 aromatic rings. The molecule has 1 fully saturated rings. The van der Waals surface area contributed by atoms with Crippen molar-refractivity contribution in [3.05, 3.63) is 34.9 Å². The molecular formula is C13H15ClO3. The van der Waals surface area contributed by atoms with E-state index in [-0.39, 0.29) is 5.97 Å². The van der Waals surface area contributed by atoms with Crippen LogP contribution >= 0.6 is 11.6 Å². The molecule has 3 nitrogen and oxygen atoms in total. The molecule has 0 aliphatic carbocycles. The Morgan fingerprint density at radius 3 is 2.71 bits per heavy atom. The topological polar surface area (TPSA) is 38.8 Å². The average Bonchev–Trinajstić information content (AvgIpc) is 2.95. The first kappa shape index (κ1) is 12.4. The van der Waals surface area contributed by atoms with Crippen molar-refractivity contribution in [2.75, 3.05) is 6.61 Å². The van der Waals surface area contributed by atoms with Crippen LogP contribution in [0.25, 0.3) is 0 Å². The standard InChI is InChI=1S/C13H15ClO3/c1-3-16-12(15)11-13(2,17-11)8-9-4-6-10(14)7-5-9/h4-7,11H,3,8H2,1-2H3. The van der Waals surface area contributed by atoms with Crippen LogP contribution in [0.5, 0.6) is 0 Å². The van der Waals surface area contributed by atoms with E-state index in [0.29, 0.717) is 18.1 Å². The van der Waals surface area contributed by atoms with Gasteiger partial charge in [0.1, 0.15) is 5.60 Å². The van der Waals surface area contributed by atoms with Crippen LogP contribution in [-0.4, -0.2) is 24.3 Å². The van der Waals surface area contributed by atoms with Crippen LogP contribution in [0.4, 0.5) is 0 Å². The summed E-state index contributed by atoms with van der Waals surface area (Å²) in [5.74, 6) is -0.274. The lowest BCUT2D eigenvalue weighted by Crippen LogP contribution is -2.22. The molecule has 92 valence electrons. The van der Waals surface area contributed by atoms with E-state index >= 15 is 0 Å². The van der Waals surface area contributed by atoms with Gasteiger partial charge in [-0.3, -0.25) is 0 Å². The number of rotatable bonds is 4. The van der Waals surface area contributed by atoms with E-state index in [1.54, 1.807) is 6.92 Å². The first-order chi connectivity index (χ1) is 8.05. The molecule has 1 aliphatic heterocycles. The predicted octanol–water partition coefficient (Wildman–Crippen LogP) is 2.60. The van der Waals surface area contributed by atoms with Gasteiger partial charge in [-0.2, -0.15) is 0 Å². The molecule has 1 heterocycles. The summed E-state index contributed by atoms with van der Waals surface area (Å²) in [4.78, 5) is 11.5. The van der Waals surface area contributed by atoms with Crippen molar-refractivity contribution in [2.24, 2.45) is 0 Å². The van der Waals surface area contributed by atoms with Crippen LogP contribution < -0.4 is 0 Å². The maximum Gasteiger partial charge on any atom is 0.338 e. The van der Waals surface area contributed by atoms with E-state index in [2.05, 4.69) is 0 Å². The zero-order chi connectivity index (χ0) is 12.5. The molecule has 0 saturated carbocycles. The van der Waals surface area contributed by atoms with Gasteiger partial charge in [-0.25, -0.2) is 4.79 Å². The van der Waals surface area contributed by atoms with E-state index in [1.807, 2.05) is 31.2 Å². The fourth-order valence-corrected chi connectivity index (χ4v) is 2.02. The lowest BCUT2D eigenvalue weighted by molar-refractivity contribution is -0.144. The number of hydrogen-bond acceptors (Lipinski definition) is 3. The minimum Gasteiger partial charge on any atom is -0.464 e. The number of epoxide rings is 1. The second kappa shape index (κ2) is 4.67. The number of ether oxygens (including phenoxy) is 2. The Morgan fingerprint density at radius 1 is 1.47 bits per heavy atom. The largest absolute Gasteiger partial charge is 0.464 e. The molecule has 0 N–H and O–H groups in total. The van der Waals surface area contributed by atoms with Gasteiger partial charge in [0.15, 0.2) is 6.10 Å². The number of carbonyl (C=O) groups is 1. The van der Waals surface area contributed by atoms with Gasteiger partial charge in [0.2, 0.25) is 0 Å². The molecule has 2 atom stereocenters. The molecule has 1 aromatic carbocycles. The lowest BCUT2D eigenvalue weighted by atomic mass is 9.98. The summed E-state index contributed by atoms with van der Waals surface area (Å²) in [6.45, 7) is 4.09. The predicted molar refractivity (Wildman–Crippen MR) is 65.1 cm³/mol. The van der Waals surface area contributed by atoms with Gasteiger partial charge in [-0.05, 0) is 31.5 Å². The Kier molecular flexibility index (Phi) is 3.40. The van der Waals surface area contributed by atoms with E-state index in [4.69, 9.17) is 21.1 Å². The van der Waals surface area contributed by atoms with Gasteiger partial charge in [0, 0.05) is 11.4 Å². The third-order valence-corrected chi connectivity index (χ3v) is 3.11. The molecule has 0 aromatic heterocycles. The summed E-state index contributed by atoms with van der Waals surface area (Å²) in [6.07, 6.45) is 0.256. The highest BCUT2D eigenvalue weighted by Crippen LogP contribution is 2.40. The normalized spacial score (nSPS) is 26.6. The fraction of sp³-hybridized carbons (Fsp3) is 0.462. The zero-order valence-corrected chi connectivity index (χ0v) is 10.7. The minimum absolute atomic E-state index is 0.274. The molecule has 0 bridgehead atoms. The Bertz CT molecular complexity index is 415. The monoisotopic (exact) mass is 254 g/mol. The third kappa shape index (κ3) is 2.79. The molecular weight excluding hydrogens is 240 g/mol. The van der Waals surface area contributed by atoms with Crippen molar-refractivity contribution in [3.63, 3.8) is 0 Å². The maximum atomic E-state index is 11.5. The van der Waals surface area contributed by atoms with Crippen LogP contribution in [0.2, 0.25) is 5.02 Å². The van der Waals surface area contributed by atoms with Crippen molar-refractivity contribution in [3.8, 4) is 0 Å². The summed E-state index contributed by atoms with van der Waals surface area (Å²) in [6, 6.07) is 7.55. The highest BCUT2D eigenvalue weighted by molar-refractivity contribution is 6.30. The molecule has 0 radical (unpaired) electrons. The second-order valence-corrected chi connectivity index (χ2v) is 4.80. The van der Waals surface area contributed by atoms with Crippen molar-refractivity contribution in [2.45, 2.75) is 32.0 Å². The molecule has 2 unspecified atom stereocenters. The molecule has 1 aliphatic rings. The molecule has 17 heavy (non-hydrogen) atoms. The third-order valence-electron chi connectivity index (χ3n) is 2.85. The highest BCUT2D eigenvalue weighted by Gasteiger charge is 2.57. The minimum atomic E-state index is -0.432. The molecule has 4 heteroatoms. The van der Waals surface area contributed by atoms with Gasteiger partial charge < -0.3 is 9.47 Å². The van der Waals surface area contributed by atoms with Gasteiger partial charge >= 0.3 is 5.97 Å². The SMILES string of the molecule is CCOC(=O)C1OC1(C)Cc1ccc(Cl)cc1. The molecule has 1 saturated heterocycles. The summed E-state index contributed by atoms with van der Waals surface area (Å²) < 4.78 is 10.4. The average molecular weight is 255 g/mol. The van der Waals surface area contributed by atoms with E-state index in [1.165, 1.54) is 0 Å². The Labute approximate surface area is 106 Å². The molecule has 0 amide bonds. The van der Waals surface area contributed by atoms with Crippen LogP contribution in [0, 0.1) is 0 Å². The Morgan fingerprint density at radius 2 is 2.12 bits per heavy atom. The first-order valence-corrected chi connectivity index (χ1v) is 6.02. The van der Waals surface area contributed by atoms with Crippen LogP contribution in [0.1, 0.15) is 19.4 Å². The van der Waals surface area contributed by atoms with Crippen LogP contribution in [-0.2, 0) is 20.7 Å².